The van der Waals surface area contributed by atoms with Gasteiger partial charge in [0, 0.05) is 83.8 Å². The molecule has 123 heavy (non-hydrogen) atoms. The summed E-state index contributed by atoms with van der Waals surface area (Å²) in [5, 5.41) is 105. The number of alkyl carbamates (subject to hydrolysis) is 5. The monoisotopic (exact) mass is 1750 g/mol. The molecule has 5 rings (SSSR count). The number of aliphatic carboxylic acids is 3. The number of esters is 2. The van der Waals surface area contributed by atoms with Gasteiger partial charge in [0.15, 0.2) is 0 Å². The number of carboxylic acids is 3. The zero-order chi connectivity index (χ0) is 95.3. The first-order valence-corrected chi connectivity index (χ1v) is 36.5. The number of methoxy groups -OCH3 is 2. The predicted molar refractivity (Wildman–Crippen MR) is 444 cm³/mol. The van der Waals surface area contributed by atoms with E-state index in [0.29, 0.717) is 5.69 Å². The number of nitrogens with zero attached hydrogens (tertiary/aromatic N) is 7. The van der Waals surface area contributed by atoms with Crippen LogP contribution in [0.3, 0.4) is 0 Å². The Bertz CT molecular complexity index is 4310. The van der Waals surface area contributed by atoms with Gasteiger partial charge in [0.1, 0.15) is 81.0 Å². The summed E-state index contributed by atoms with van der Waals surface area (Å²) < 4.78 is 46.8. The number of rotatable bonds is 28. The van der Waals surface area contributed by atoms with Crippen LogP contribution in [0.1, 0.15) is 111 Å². The molecule has 0 aliphatic heterocycles. The van der Waals surface area contributed by atoms with Crippen molar-refractivity contribution in [1.29, 1.82) is 0 Å². The smallest absolute Gasteiger partial charge is 0.408 e. The summed E-state index contributed by atoms with van der Waals surface area (Å²) in [7, 11) is 5.46. The van der Waals surface area contributed by atoms with Crippen molar-refractivity contribution >= 4 is 111 Å². The van der Waals surface area contributed by atoms with E-state index in [1.165, 1.54) is 104 Å². The number of carboxylic acid groups (broad SMARTS) is 3. The molecule has 5 aromatic rings. The molecule has 47 heteroatoms. The number of amides is 5. The van der Waals surface area contributed by atoms with E-state index in [1.54, 1.807) is 154 Å². The maximum Gasteiger partial charge on any atom is 0.408 e. The van der Waals surface area contributed by atoms with Gasteiger partial charge < -0.3 is 106 Å². The van der Waals surface area contributed by atoms with Gasteiger partial charge in [-0.2, -0.15) is 4.39 Å². The second-order valence-electron chi connectivity index (χ2n) is 29.9. The van der Waals surface area contributed by atoms with Crippen molar-refractivity contribution in [3.63, 3.8) is 0 Å². The second kappa shape index (κ2) is 53.4. The van der Waals surface area contributed by atoms with E-state index < -0.39 is 155 Å². The fraction of sp³-hybridized carbons (Fsp3) is 0.474. The first-order valence-electron chi connectivity index (χ1n) is 36.5. The summed E-state index contributed by atoms with van der Waals surface area (Å²) in [6, 6.07) is 23.0. The number of halogens is 1. The summed E-state index contributed by atoms with van der Waals surface area (Å²) in [5.74, 6) is -5.93. The van der Waals surface area contributed by atoms with Crippen LogP contribution in [0.2, 0.25) is 0 Å². The fourth-order valence-electron chi connectivity index (χ4n) is 8.73. The third-order valence-corrected chi connectivity index (χ3v) is 13.7. The number of nitro groups is 5. The molecule has 0 spiro atoms. The molecule has 13 N–H and O–H groups in total. The molecule has 0 unspecified atom stereocenters. The zero-order valence-electron chi connectivity index (χ0n) is 71.6. The normalized spacial score (nSPS) is 11.8. The molecule has 0 saturated heterocycles. The first kappa shape index (κ1) is 111. The molecule has 0 aliphatic carbocycles. The van der Waals surface area contributed by atoms with Crippen molar-refractivity contribution in [1.82, 2.24) is 26.6 Å². The van der Waals surface area contributed by atoms with E-state index in [1.807, 2.05) is 0 Å². The van der Waals surface area contributed by atoms with Crippen molar-refractivity contribution in [3.8, 4) is 0 Å². The lowest BCUT2D eigenvalue weighted by Crippen LogP contribution is -2.49. The lowest BCUT2D eigenvalue weighted by atomic mass is 10.2. The standard InChI is InChI=1S/C16H23N3O6.2C15H21N3O6.C14H19N3O6.C8H16N2O4.C6H4FNO2.C2H6O/c1-16(2,3)25-15(21)17-11(14(20)24-5)10-18(4)12-8-6-7-9-13(12)19(22)23;1-15(2,3)24-14(21)16-10(13(19)20)9-17(4)11-7-5-6-8-12(11)18(22)23;1-15(2,3)24-14(20)17-11(13(19)23-4)9-16-10-7-5-6-8-12(10)18(21)22;1-14(2,3)23-13(20)16-10(12(18)19)8-15-9-6-4-5-7-11(9)17(21)22;1-8(2,3)14-7(13)10-5(4-9)6(11)12;7-5-3-1-2-4-6(5)8(9)10;1-2-3/h6-9,11H,10H2,1-5H3,(H,17,21);5-8,10H,9H2,1-4H3,(H,16,21)(H,19,20);5-8,11,16H,9H2,1-4H3,(H,17,20);4-7,10,15H,8H2,1-3H3,(H,16,20)(H,18,19);5H,4,9H2,1-3H3,(H,10,13)(H,11,12);1-4H;3H,2H2,1H3/t11-;10-;11-;10-;5-;;/m11111../s1. The molecule has 0 aromatic heterocycles. The lowest BCUT2D eigenvalue weighted by molar-refractivity contribution is -0.387. The summed E-state index contributed by atoms with van der Waals surface area (Å²) in [4.78, 5) is 169. The molecule has 0 heterocycles. The number of likely N-dealkylation sites (N-methyl/N-ethyl adjacent to an activating group) is 2. The Balaban J connectivity index is 0. The van der Waals surface area contributed by atoms with E-state index >= 15 is 0 Å². The quantitative estimate of drug-likeness (QED) is 0.00958. The van der Waals surface area contributed by atoms with Gasteiger partial charge >= 0.3 is 66.0 Å². The minimum atomic E-state index is -1.30. The molecule has 0 aliphatic rings. The van der Waals surface area contributed by atoms with E-state index in [-0.39, 0.29) is 79.1 Å². The van der Waals surface area contributed by atoms with Gasteiger partial charge in [-0.05, 0) is 141 Å². The Morgan fingerprint density at radius 3 is 0.902 bits per heavy atom. The maximum atomic E-state index is 12.4. The number of carbonyl (C=O) groups is 10. The Morgan fingerprint density at radius 1 is 0.390 bits per heavy atom. The summed E-state index contributed by atoms with van der Waals surface area (Å²) in [6.45, 7) is 26.3. The van der Waals surface area contributed by atoms with Crippen molar-refractivity contribution in [2.45, 2.75) is 169 Å². The number of anilines is 4. The number of carbonyl (C=O) groups excluding carboxylic acids is 7. The Morgan fingerprint density at radius 2 is 0.626 bits per heavy atom. The number of nitro benzene ring substituents is 5. The fourth-order valence-corrected chi connectivity index (χ4v) is 8.73. The molecular weight excluding hydrogens is 1640 g/mol. The molecule has 5 amide bonds. The Kier molecular flexibility index (Phi) is 48.1. The largest absolute Gasteiger partial charge is 0.480 e. The zero-order valence-corrected chi connectivity index (χ0v) is 71.6. The van der Waals surface area contributed by atoms with Gasteiger partial charge in [-0.1, -0.05) is 60.7 Å². The summed E-state index contributed by atoms with van der Waals surface area (Å²) >= 11 is 0. The SMILES string of the molecule is CC(C)(C)OC(=O)N[C@H](CN)C(=O)O.CC(C)(C)OC(=O)N[C@H](CNc1ccccc1[N+](=O)[O-])C(=O)O.CCO.CN(C[C@@H](NC(=O)OC(C)(C)C)C(=O)O)c1ccccc1[N+](=O)[O-].COC(=O)[C@@H](CN(C)c1ccccc1[N+](=O)[O-])NC(=O)OC(C)(C)C.COC(=O)[C@@H](CNc1ccccc1[N+](=O)[O-])NC(=O)OC(C)(C)C.O=[N+]([O-])c1ccccc1F. The second-order valence-corrected chi connectivity index (χ2v) is 29.9. The maximum absolute atomic E-state index is 12.4. The van der Waals surface area contributed by atoms with Crippen LogP contribution in [0, 0.1) is 56.4 Å². The van der Waals surface area contributed by atoms with E-state index in [9.17, 15) is 108 Å². The van der Waals surface area contributed by atoms with Gasteiger partial charge in [0.05, 0.1) is 38.8 Å². The number of nitrogens with two attached hydrogens (primary N) is 1. The van der Waals surface area contributed by atoms with E-state index in [2.05, 4.69) is 46.7 Å². The lowest BCUT2D eigenvalue weighted by Gasteiger charge is -2.26. The molecule has 0 saturated carbocycles. The highest BCUT2D eigenvalue weighted by Crippen LogP contribution is 2.30. The van der Waals surface area contributed by atoms with Crippen molar-refractivity contribution in [3.05, 3.63) is 178 Å². The minimum Gasteiger partial charge on any atom is -0.480 e. The molecule has 5 atom stereocenters. The van der Waals surface area contributed by atoms with Crippen LogP contribution in [-0.4, -0.2) is 231 Å². The van der Waals surface area contributed by atoms with Crippen LogP contribution < -0.4 is 52.8 Å². The Labute approximate surface area is 706 Å². The number of hydrogen-bond acceptors (Lipinski definition) is 33. The van der Waals surface area contributed by atoms with Crippen molar-refractivity contribution in [2.75, 3.05) is 88.1 Å². The molecule has 5 aromatic carbocycles. The number of hydrogen-bond donors (Lipinski definition) is 12. The van der Waals surface area contributed by atoms with Crippen molar-refractivity contribution < 1.29 is 131 Å². The molecule has 0 fully saturated rings. The molecule has 46 nitrogen and oxygen atoms in total. The van der Waals surface area contributed by atoms with E-state index in [4.69, 9.17) is 44.7 Å². The van der Waals surface area contributed by atoms with Crippen LogP contribution in [0.4, 0.5) is 79.5 Å². The predicted octanol–water partition coefficient (Wildman–Crippen LogP) is 9.82. The van der Waals surface area contributed by atoms with Crippen LogP contribution in [0.15, 0.2) is 121 Å². The van der Waals surface area contributed by atoms with Gasteiger partial charge in [-0.25, -0.2) is 47.9 Å². The van der Waals surface area contributed by atoms with Crippen LogP contribution in [0.25, 0.3) is 0 Å². The third kappa shape index (κ3) is 48.5. The summed E-state index contributed by atoms with van der Waals surface area (Å²) in [6.07, 6.45) is -4.10. The number of nitrogens with one attached hydrogen (secondary N) is 7. The number of benzene rings is 5. The number of para-hydroxylation sites is 9. The van der Waals surface area contributed by atoms with Crippen LogP contribution >= 0.6 is 0 Å². The van der Waals surface area contributed by atoms with Gasteiger partial charge in [-0.3, -0.25) is 50.6 Å². The van der Waals surface area contributed by atoms with Gasteiger partial charge in [0.25, 0.3) is 22.7 Å². The average Bonchev–Trinajstić information content (AvgIpc) is 0.916. The van der Waals surface area contributed by atoms with E-state index in [0.717, 1.165) is 12.1 Å². The molecule has 0 radical (unpaired) electrons. The summed E-state index contributed by atoms with van der Waals surface area (Å²) in [5.41, 5.74) is 1.38. The van der Waals surface area contributed by atoms with Gasteiger partial charge in [-0.15, -0.1) is 0 Å². The highest BCUT2D eigenvalue weighted by molar-refractivity contribution is 5.85. The highest BCUT2D eigenvalue weighted by Gasteiger charge is 2.33. The Hall–Kier alpha value is -14.2. The number of ether oxygens (including phenoxy) is 7. The molecule has 0 bridgehead atoms. The van der Waals surface area contributed by atoms with Crippen LogP contribution in [0.5, 0.6) is 0 Å². The highest BCUT2D eigenvalue weighted by atomic mass is 19.1. The van der Waals surface area contributed by atoms with Crippen LogP contribution in [-0.2, 0) is 57.1 Å². The van der Waals surface area contributed by atoms with Crippen molar-refractivity contribution in [2.24, 2.45) is 5.73 Å². The minimum absolute atomic E-state index is 0.0310. The topological polar surface area (TPSA) is 649 Å². The third-order valence-electron chi connectivity index (χ3n) is 13.7. The van der Waals surface area contributed by atoms with Gasteiger partial charge in [0.2, 0.25) is 5.82 Å². The molecular formula is C76H110FN15O31. The number of aliphatic hydroxyl groups excluding tert-OH is 1. The number of aliphatic hydroxyl groups is 1. The average molecular weight is 1750 g/mol. The first-order chi connectivity index (χ1) is 56.7. The molecule has 682 valence electrons.